The van der Waals surface area contributed by atoms with Crippen molar-refractivity contribution in [2.24, 2.45) is 5.73 Å². The Morgan fingerprint density at radius 1 is 1.27 bits per heavy atom. The molecule has 0 amide bonds. The lowest BCUT2D eigenvalue weighted by Crippen LogP contribution is -2.22. The van der Waals surface area contributed by atoms with Crippen molar-refractivity contribution in [2.75, 3.05) is 0 Å². The van der Waals surface area contributed by atoms with Gasteiger partial charge in [0.1, 0.15) is 0 Å². The van der Waals surface area contributed by atoms with E-state index in [-0.39, 0.29) is 5.54 Å². The van der Waals surface area contributed by atoms with E-state index in [0.717, 1.165) is 12.8 Å². The highest BCUT2D eigenvalue weighted by atomic mass is 14.8. The van der Waals surface area contributed by atoms with Crippen molar-refractivity contribution < 1.29 is 0 Å². The fourth-order valence-corrected chi connectivity index (χ4v) is 2.06. The molecule has 2 nitrogen and oxygen atoms in total. The number of aromatic amines is 1. The van der Waals surface area contributed by atoms with E-state index in [4.69, 9.17) is 5.73 Å². The molecule has 1 heterocycles. The van der Waals surface area contributed by atoms with Gasteiger partial charge in [0.05, 0.1) is 0 Å². The summed E-state index contributed by atoms with van der Waals surface area (Å²) in [6, 6.07) is 10.6. The lowest BCUT2D eigenvalue weighted by Gasteiger charge is -2.05. The predicted octanol–water partition coefficient (Wildman–Crippen LogP) is 2.59. The van der Waals surface area contributed by atoms with Gasteiger partial charge in [-0.15, -0.1) is 0 Å². The third-order valence-corrected chi connectivity index (χ3v) is 3.37. The maximum Gasteiger partial charge on any atom is 0.0456 e. The van der Waals surface area contributed by atoms with Crippen LogP contribution in [0.15, 0.2) is 30.3 Å². The third kappa shape index (κ3) is 1.77. The van der Waals surface area contributed by atoms with Crippen LogP contribution in [0.1, 0.15) is 25.0 Å². The molecular formula is C13H16N2. The van der Waals surface area contributed by atoms with Crippen molar-refractivity contribution >= 4 is 10.9 Å². The third-order valence-electron chi connectivity index (χ3n) is 3.37. The van der Waals surface area contributed by atoms with Gasteiger partial charge in [-0.05, 0) is 43.2 Å². The summed E-state index contributed by atoms with van der Waals surface area (Å²) >= 11 is 0. The van der Waals surface area contributed by atoms with Crippen LogP contribution in [0.2, 0.25) is 0 Å². The molecule has 2 aromatic rings. The zero-order chi connectivity index (χ0) is 10.3. The number of para-hydroxylation sites is 1. The Kier molecular flexibility index (Phi) is 1.86. The van der Waals surface area contributed by atoms with Gasteiger partial charge < -0.3 is 10.7 Å². The molecule has 2 heteroatoms. The molecule has 0 spiro atoms. The Balaban J connectivity index is 1.79. The van der Waals surface area contributed by atoms with Crippen molar-refractivity contribution in [1.29, 1.82) is 0 Å². The van der Waals surface area contributed by atoms with Gasteiger partial charge in [0.25, 0.3) is 0 Å². The molecule has 0 bridgehead atoms. The quantitative estimate of drug-likeness (QED) is 0.785. The van der Waals surface area contributed by atoms with Crippen LogP contribution in [0.25, 0.3) is 10.9 Å². The van der Waals surface area contributed by atoms with Gasteiger partial charge in [0.15, 0.2) is 0 Å². The van der Waals surface area contributed by atoms with E-state index < -0.39 is 0 Å². The van der Waals surface area contributed by atoms with Crippen LogP contribution in [0.5, 0.6) is 0 Å². The number of H-pyrrole nitrogens is 1. The van der Waals surface area contributed by atoms with Gasteiger partial charge in [-0.25, -0.2) is 0 Å². The van der Waals surface area contributed by atoms with Crippen LogP contribution in [0.4, 0.5) is 0 Å². The Bertz CT molecular complexity index is 447. The van der Waals surface area contributed by atoms with Gasteiger partial charge in [-0.1, -0.05) is 18.2 Å². The van der Waals surface area contributed by atoms with E-state index >= 15 is 0 Å². The number of aryl methyl sites for hydroxylation is 1. The first-order valence-corrected chi connectivity index (χ1v) is 5.61. The van der Waals surface area contributed by atoms with Crippen LogP contribution in [-0.2, 0) is 6.42 Å². The normalized spacial score (nSPS) is 18.2. The standard InChI is InChI=1S/C13H16N2/c14-13(7-8-13)6-5-11-9-10-3-1-2-4-12(10)15-11/h1-4,9,15H,5-8,14H2. The molecule has 1 aliphatic rings. The number of aromatic nitrogens is 1. The van der Waals surface area contributed by atoms with Crippen LogP contribution in [0.3, 0.4) is 0 Å². The number of rotatable bonds is 3. The van der Waals surface area contributed by atoms with Gasteiger partial charge in [-0.3, -0.25) is 0 Å². The number of nitrogens with two attached hydrogens (primary N) is 1. The summed E-state index contributed by atoms with van der Waals surface area (Å²) in [4.78, 5) is 3.44. The molecule has 78 valence electrons. The molecule has 1 saturated carbocycles. The maximum atomic E-state index is 6.07. The summed E-state index contributed by atoms with van der Waals surface area (Å²) in [6.07, 6.45) is 4.59. The van der Waals surface area contributed by atoms with E-state index in [0.29, 0.717) is 0 Å². The molecule has 0 radical (unpaired) electrons. The molecule has 1 aliphatic carbocycles. The summed E-state index contributed by atoms with van der Waals surface area (Å²) in [5.74, 6) is 0. The fourth-order valence-electron chi connectivity index (χ4n) is 2.06. The second-order valence-electron chi connectivity index (χ2n) is 4.74. The van der Waals surface area contributed by atoms with Crippen LogP contribution in [-0.4, -0.2) is 10.5 Å². The van der Waals surface area contributed by atoms with Gasteiger partial charge in [0.2, 0.25) is 0 Å². The highest BCUT2D eigenvalue weighted by Gasteiger charge is 2.37. The smallest absolute Gasteiger partial charge is 0.0456 e. The largest absolute Gasteiger partial charge is 0.358 e. The number of hydrogen-bond donors (Lipinski definition) is 2. The second-order valence-corrected chi connectivity index (χ2v) is 4.74. The Morgan fingerprint density at radius 2 is 2.07 bits per heavy atom. The van der Waals surface area contributed by atoms with E-state index in [1.54, 1.807) is 0 Å². The van der Waals surface area contributed by atoms with E-state index in [1.165, 1.54) is 29.4 Å². The molecule has 1 fully saturated rings. The summed E-state index contributed by atoms with van der Waals surface area (Å²) in [7, 11) is 0. The number of hydrogen-bond acceptors (Lipinski definition) is 1. The zero-order valence-electron chi connectivity index (χ0n) is 8.79. The van der Waals surface area contributed by atoms with Crippen molar-refractivity contribution in [3.8, 4) is 0 Å². The fraction of sp³-hybridized carbons (Fsp3) is 0.385. The molecule has 3 N–H and O–H groups in total. The van der Waals surface area contributed by atoms with Crippen LogP contribution < -0.4 is 5.73 Å². The predicted molar refractivity (Wildman–Crippen MR) is 62.8 cm³/mol. The topological polar surface area (TPSA) is 41.8 Å². The summed E-state index contributed by atoms with van der Waals surface area (Å²) in [5.41, 5.74) is 8.78. The van der Waals surface area contributed by atoms with Gasteiger partial charge in [0, 0.05) is 16.7 Å². The summed E-state index contributed by atoms with van der Waals surface area (Å²) < 4.78 is 0. The van der Waals surface area contributed by atoms with Gasteiger partial charge in [-0.2, -0.15) is 0 Å². The molecule has 15 heavy (non-hydrogen) atoms. The molecular weight excluding hydrogens is 184 g/mol. The van der Waals surface area contributed by atoms with E-state index in [1.807, 2.05) is 0 Å². The average molecular weight is 200 g/mol. The Hall–Kier alpha value is -1.28. The SMILES string of the molecule is NC1(CCc2cc3ccccc3[nH]2)CC1. The summed E-state index contributed by atoms with van der Waals surface area (Å²) in [5, 5.41) is 1.30. The lowest BCUT2D eigenvalue weighted by molar-refractivity contribution is 0.605. The molecule has 0 saturated heterocycles. The van der Waals surface area contributed by atoms with Crippen molar-refractivity contribution in [3.05, 3.63) is 36.0 Å². The van der Waals surface area contributed by atoms with Gasteiger partial charge >= 0.3 is 0 Å². The first kappa shape index (κ1) is 8.98. The molecule has 0 aliphatic heterocycles. The minimum atomic E-state index is 0.164. The molecule has 1 aromatic carbocycles. The maximum absolute atomic E-state index is 6.07. The first-order chi connectivity index (χ1) is 7.25. The summed E-state index contributed by atoms with van der Waals surface area (Å²) in [6.45, 7) is 0. The van der Waals surface area contributed by atoms with E-state index in [9.17, 15) is 0 Å². The van der Waals surface area contributed by atoms with Crippen molar-refractivity contribution in [1.82, 2.24) is 4.98 Å². The molecule has 0 atom stereocenters. The average Bonchev–Trinajstić information content (AvgIpc) is 2.83. The number of benzene rings is 1. The second kappa shape index (κ2) is 3.11. The Labute approximate surface area is 89.5 Å². The molecule has 1 aromatic heterocycles. The highest BCUT2D eigenvalue weighted by Crippen LogP contribution is 2.36. The number of fused-ring (bicyclic) bond motifs is 1. The minimum Gasteiger partial charge on any atom is -0.358 e. The van der Waals surface area contributed by atoms with Crippen molar-refractivity contribution in [2.45, 2.75) is 31.2 Å². The van der Waals surface area contributed by atoms with E-state index in [2.05, 4.69) is 35.3 Å². The molecule has 3 rings (SSSR count). The van der Waals surface area contributed by atoms with Crippen LogP contribution >= 0.6 is 0 Å². The lowest BCUT2D eigenvalue weighted by atomic mass is 10.1. The Morgan fingerprint density at radius 3 is 2.80 bits per heavy atom. The molecule has 0 unspecified atom stereocenters. The van der Waals surface area contributed by atoms with Crippen LogP contribution in [0, 0.1) is 0 Å². The minimum absolute atomic E-state index is 0.164. The number of nitrogens with one attached hydrogen (secondary N) is 1. The monoisotopic (exact) mass is 200 g/mol. The zero-order valence-corrected chi connectivity index (χ0v) is 8.79. The van der Waals surface area contributed by atoms with Crippen molar-refractivity contribution in [3.63, 3.8) is 0 Å². The first-order valence-electron chi connectivity index (χ1n) is 5.61. The highest BCUT2D eigenvalue weighted by molar-refractivity contribution is 5.80.